The van der Waals surface area contributed by atoms with Gasteiger partial charge in [0.1, 0.15) is 27.5 Å². The summed E-state index contributed by atoms with van der Waals surface area (Å²) in [6.45, 7) is 3.71. The van der Waals surface area contributed by atoms with Gasteiger partial charge in [-0.15, -0.1) is 0 Å². The monoisotopic (exact) mass is 468 g/mol. The van der Waals surface area contributed by atoms with Crippen LogP contribution in [-0.2, 0) is 18.4 Å². The van der Waals surface area contributed by atoms with Gasteiger partial charge in [0.05, 0.1) is 17.7 Å². The average Bonchev–Trinajstić information content (AvgIpc) is 3.27. The third-order valence-electron chi connectivity index (χ3n) is 5.92. The van der Waals surface area contributed by atoms with Crippen LogP contribution in [0.15, 0.2) is 32.5 Å². The fraction of sp³-hybridized carbons (Fsp3) is 0.391. The number of rotatable bonds is 4. The van der Waals surface area contributed by atoms with E-state index in [2.05, 4.69) is 4.90 Å². The zero-order valence-electron chi connectivity index (χ0n) is 18.1. The second-order valence-electron chi connectivity index (χ2n) is 7.96. The highest BCUT2D eigenvalue weighted by atomic mass is 32.2. The summed E-state index contributed by atoms with van der Waals surface area (Å²) < 4.78 is 7.37. The molecule has 2 saturated heterocycles. The summed E-state index contributed by atoms with van der Waals surface area (Å²) in [5.74, 6) is 1.20. The van der Waals surface area contributed by atoms with Gasteiger partial charge >= 0.3 is 0 Å². The molecule has 2 aromatic heterocycles. The van der Waals surface area contributed by atoms with Gasteiger partial charge in [-0.3, -0.25) is 19.1 Å². The van der Waals surface area contributed by atoms with Crippen LogP contribution in [0.3, 0.4) is 0 Å². The number of nitriles is 1. The summed E-state index contributed by atoms with van der Waals surface area (Å²) in [6.07, 6.45) is 7.74. The Morgan fingerprint density at radius 3 is 2.59 bits per heavy atom. The van der Waals surface area contributed by atoms with Gasteiger partial charge in [0, 0.05) is 25.7 Å². The van der Waals surface area contributed by atoms with E-state index in [4.69, 9.17) is 16.6 Å². The number of carbonyl (C=O) groups excluding carboxylic acids is 1. The first-order valence-corrected chi connectivity index (χ1v) is 11.8. The highest BCUT2D eigenvalue weighted by molar-refractivity contribution is 8.26. The SMILES string of the molecule is Cc1c(/C=C2\SC(=S)N(Cc3ccco3)C2=O)c(N2CCCCCC2)n(C)c(=O)c1C#N. The molecule has 166 valence electrons. The summed E-state index contributed by atoms with van der Waals surface area (Å²) >= 11 is 6.68. The van der Waals surface area contributed by atoms with Crippen molar-refractivity contribution in [2.75, 3.05) is 18.0 Å². The van der Waals surface area contributed by atoms with Gasteiger partial charge in [0.25, 0.3) is 11.5 Å². The smallest absolute Gasteiger partial charge is 0.270 e. The van der Waals surface area contributed by atoms with E-state index in [1.165, 1.54) is 16.7 Å². The second-order valence-corrected chi connectivity index (χ2v) is 9.64. The third-order valence-corrected chi connectivity index (χ3v) is 7.29. The van der Waals surface area contributed by atoms with Crippen LogP contribution in [0.25, 0.3) is 6.08 Å². The fourth-order valence-corrected chi connectivity index (χ4v) is 5.44. The lowest BCUT2D eigenvalue weighted by atomic mass is 10.0. The van der Waals surface area contributed by atoms with Gasteiger partial charge in [0.2, 0.25) is 0 Å². The number of hydrogen-bond acceptors (Lipinski definition) is 7. The summed E-state index contributed by atoms with van der Waals surface area (Å²) in [7, 11) is 1.70. The minimum atomic E-state index is -0.313. The topological polar surface area (TPSA) is 82.5 Å². The van der Waals surface area contributed by atoms with Gasteiger partial charge in [0.15, 0.2) is 0 Å². The first kappa shape index (κ1) is 22.4. The Hall–Kier alpha value is -2.83. The van der Waals surface area contributed by atoms with Crippen molar-refractivity contribution in [3.63, 3.8) is 0 Å². The van der Waals surface area contributed by atoms with Crippen molar-refractivity contribution in [1.29, 1.82) is 5.26 Å². The van der Waals surface area contributed by atoms with E-state index in [-0.39, 0.29) is 23.6 Å². The number of hydrogen-bond donors (Lipinski definition) is 0. The van der Waals surface area contributed by atoms with Crippen LogP contribution in [0, 0.1) is 18.3 Å². The van der Waals surface area contributed by atoms with Gasteiger partial charge < -0.3 is 9.32 Å². The van der Waals surface area contributed by atoms with Crippen LogP contribution in [-0.4, -0.2) is 32.8 Å². The predicted octanol–water partition coefficient (Wildman–Crippen LogP) is 3.94. The maximum Gasteiger partial charge on any atom is 0.270 e. The van der Waals surface area contributed by atoms with E-state index >= 15 is 0 Å². The van der Waals surface area contributed by atoms with Crippen LogP contribution in [0.5, 0.6) is 0 Å². The maximum absolute atomic E-state index is 13.2. The van der Waals surface area contributed by atoms with Crippen molar-refractivity contribution in [2.24, 2.45) is 7.05 Å². The largest absolute Gasteiger partial charge is 0.467 e. The second kappa shape index (κ2) is 9.35. The molecule has 1 amide bonds. The van der Waals surface area contributed by atoms with Gasteiger partial charge in [-0.05, 0) is 43.5 Å². The zero-order chi connectivity index (χ0) is 22.8. The molecule has 2 aliphatic rings. The highest BCUT2D eigenvalue weighted by Crippen LogP contribution is 2.36. The molecule has 7 nitrogen and oxygen atoms in total. The molecular weight excluding hydrogens is 444 g/mol. The molecule has 0 atom stereocenters. The highest BCUT2D eigenvalue weighted by Gasteiger charge is 2.33. The molecule has 0 spiro atoms. The van der Waals surface area contributed by atoms with Crippen LogP contribution in [0.2, 0.25) is 0 Å². The van der Waals surface area contributed by atoms with Gasteiger partial charge in [-0.1, -0.05) is 36.8 Å². The summed E-state index contributed by atoms with van der Waals surface area (Å²) in [5.41, 5.74) is 1.10. The minimum Gasteiger partial charge on any atom is -0.467 e. The van der Waals surface area contributed by atoms with Crippen molar-refractivity contribution in [2.45, 2.75) is 39.2 Å². The molecule has 0 N–H and O–H groups in total. The summed E-state index contributed by atoms with van der Waals surface area (Å²) in [5, 5.41) is 9.63. The lowest BCUT2D eigenvalue weighted by Gasteiger charge is -2.28. The first-order valence-electron chi connectivity index (χ1n) is 10.6. The predicted molar refractivity (Wildman–Crippen MR) is 129 cm³/mol. The van der Waals surface area contributed by atoms with Gasteiger partial charge in [-0.25, -0.2) is 0 Å². The number of thioether (sulfide) groups is 1. The van der Waals surface area contributed by atoms with E-state index in [1.807, 2.05) is 6.07 Å². The lowest BCUT2D eigenvalue weighted by Crippen LogP contribution is -2.34. The molecule has 9 heteroatoms. The molecule has 0 aliphatic carbocycles. The fourth-order valence-electron chi connectivity index (χ4n) is 4.20. The number of nitrogens with zero attached hydrogens (tertiary/aromatic N) is 4. The zero-order valence-corrected chi connectivity index (χ0v) is 19.7. The Morgan fingerprint density at radius 1 is 1.25 bits per heavy atom. The normalized spacial score (nSPS) is 18.3. The minimum absolute atomic E-state index is 0.100. The number of carbonyl (C=O) groups is 1. The van der Waals surface area contributed by atoms with Crippen LogP contribution in [0.1, 0.15) is 48.1 Å². The quantitative estimate of drug-likeness (QED) is 0.496. The van der Waals surface area contributed by atoms with Crippen LogP contribution >= 0.6 is 24.0 Å². The van der Waals surface area contributed by atoms with Crippen LogP contribution in [0.4, 0.5) is 5.82 Å². The standard InChI is InChI=1S/C23H24N4O3S2/c1-15-17(12-19-22(29)27(23(31)32-19)14-16-8-7-11-30-16)20(25(2)21(28)18(15)13-24)26-9-5-3-4-6-10-26/h7-8,11-12H,3-6,9-10,14H2,1-2H3/b19-12-. The van der Waals surface area contributed by atoms with E-state index in [1.54, 1.807) is 43.0 Å². The molecule has 2 aromatic rings. The van der Waals surface area contributed by atoms with Crippen molar-refractivity contribution in [3.8, 4) is 6.07 Å². The Balaban J connectivity index is 1.80. The molecule has 4 heterocycles. The molecule has 0 unspecified atom stereocenters. The Kier molecular flexibility index (Phi) is 6.53. The van der Waals surface area contributed by atoms with E-state index in [9.17, 15) is 14.9 Å². The average molecular weight is 469 g/mol. The number of pyridine rings is 1. The van der Waals surface area contributed by atoms with Crippen LogP contribution < -0.4 is 10.5 Å². The summed E-state index contributed by atoms with van der Waals surface area (Å²) in [4.78, 5) is 30.2. The van der Waals surface area contributed by atoms with Crippen molar-refractivity contribution >= 4 is 46.1 Å². The van der Waals surface area contributed by atoms with E-state index in [0.29, 0.717) is 20.5 Å². The Labute approximate surface area is 196 Å². The molecular formula is C23H24N4O3S2. The third kappa shape index (κ3) is 4.12. The molecule has 4 rings (SSSR count). The first-order chi connectivity index (χ1) is 15.4. The number of anilines is 1. The number of amides is 1. The van der Waals surface area contributed by atoms with E-state index < -0.39 is 0 Å². The molecule has 32 heavy (non-hydrogen) atoms. The number of aromatic nitrogens is 1. The molecule has 0 aromatic carbocycles. The van der Waals surface area contributed by atoms with Crippen molar-refractivity contribution < 1.29 is 9.21 Å². The maximum atomic E-state index is 13.2. The van der Waals surface area contributed by atoms with Crippen molar-refractivity contribution in [1.82, 2.24) is 9.47 Å². The van der Waals surface area contributed by atoms with Crippen molar-refractivity contribution in [3.05, 3.63) is 56.1 Å². The molecule has 0 radical (unpaired) electrons. The number of thiocarbonyl (C=S) groups is 1. The van der Waals surface area contributed by atoms with Gasteiger partial charge in [-0.2, -0.15) is 5.26 Å². The Morgan fingerprint density at radius 2 is 1.97 bits per heavy atom. The summed E-state index contributed by atoms with van der Waals surface area (Å²) in [6, 6.07) is 5.62. The molecule has 2 fully saturated rings. The molecule has 2 aliphatic heterocycles. The van der Waals surface area contributed by atoms with E-state index in [0.717, 1.165) is 50.2 Å². The molecule has 0 saturated carbocycles. The molecule has 0 bridgehead atoms. The lowest BCUT2D eigenvalue weighted by molar-refractivity contribution is -0.122. The number of furan rings is 1. The Bertz CT molecular complexity index is 1180.